The topological polar surface area (TPSA) is 68.2 Å². The Balaban J connectivity index is 1.70. The van der Waals surface area contributed by atoms with Gasteiger partial charge in [0, 0.05) is 34.4 Å². The summed E-state index contributed by atoms with van der Waals surface area (Å²) in [5, 5.41) is 4.35. The number of rotatable bonds is 6. The minimum Gasteiger partial charge on any atom is -0.348 e. The molecule has 0 saturated heterocycles. The Morgan fingerprint density at radius 2 is 2.00 bits per heavy atom. The lowest BCUT2D eigenvalue weighted by molar-refractivity contribution is 0.0738. The zero-order valence-corrected chi connectivity index (χ0v) is 21.5. The van der Waals surface area contributed by atoms with Crippen LogP contribution in [0.5, 0.6) is 0 Å². The normalized spacial score (nSPS) is 27.2. The molecule has 5 nitrogen and oxygen atoms in total. The van der Waals surface area contributed by atoms with Gasteiger partial charge in [-0.1, -0.05) is 32.9 Å². The van der Waals surface area contributed by atoms with Gasteiger partial charge in [0.2, 0.25) is 0 Å². The highest BCUT2D eigenvalue weighted by molar-refractivity contribution is 9.10. The van der Waals surface area contributed by atoms with Crippen LogP contribution in [0.15, 0.2) is 22.7 Å². The van der Waals surface area contributed by atoms with E-state index in [1.165, 1.54) is 25.5 Å². The average Bonchev–Trinajstić information content (AvgIpc) is 3.23. The second-order valence-electron chi connectivity index (χ2n) is 10.6. The Morgan fingerprint density at radius 3 is 2.61 bits per heavy atom. The second kappa shape index (κ2) is 7.62. The number of carbonyl (C=O) groups is 1. The van der Waals surface area contributed by atoms with E-state index < -0.39 is 9.84 Å². The van der Waals surface area contributed by atoms with Gasteiger partial charge in [0.1, 0.15) is 9.84 Å². The van der Waals surface area contributed by atoms with Gasteiger partial charge in [0.15, 0.2) is 0 Å². The molecule has 3 unspecified atom stereocenters. The predicted molar refractivity (Wildman–Crippen MR) is 129 cm³/mol. The van der Waals surface area contributed by atoms with Gasteiger partial charge in [0.05, 0.1) is 16.8 Å². The van der Waals surface area contributed by atoms with Gasteiger partial charge in [-0.15, -0.1) is 0 Å². The van der Waals surface area contributed by atoms with Gasteiger partial charge in [-0.05, 0) is 71.4 Å². The number of aryl methyl sites for hydroxylation is 1. The molecular formula is C24H33BrN2O3S. The van der Waals surface area contributed by atoms with Crippen LogP contribution in [0, 0.1) is 23.7 Å². The van der Waals surface area contributed by atoms with Crippen molar-refractivity contribution in [3.8, 4) is 0 Å². The first kappa shape index (κ1) is 22.8. The fourth-order valence-electron chi connectivity index (χ4n) is 6.41. The molecule has 3 atom stereocenters. The molecule has 2 saturated carbocycles. The SMILES string of the molecule is Cc1c(C(=O)NC2C3(C)CCC(C3)C2(C)C)c2cccc(Br)c2n1CCCS(C)(=O)=O. The molecule has 2 bridgehead atoms. The number of sulfone groups is 1. The maximum atomic E-state index is 13.7. The van der Waals surface area contributed by atoms with E-state index in [-0.39, 0.29) is 28.5 Å². The molecule has 0 radical (unpaired) electrons. The number of nitrogens with zero attached hydrogens (tertiary/aromatic N) is 1. The molecule has 1 aromatic carbocycles. The number of carbonyl (C=O) groups excluding carboxylic acids is 1. The van der Waals surface area contributed by atoms with E-state index >= 15 is 0 Å². The van der Waals surface area contributed by atoms with Crippen LogP contribution in [0.25, 0.3) is 10.9 Å². The van der Waals surface area contributed by atoms with Crippen molar-refractivity contribution in [2.45, 2.75) is 66.0 Å². The van der Waals surface area contributed by atoms with Gasteiger partial charge in [-0.2, -0.15) is 0 Å². The standard InChI is InChI=1S/C24H33BrN2O3S/c1-15-19(21(28)26-22-23(2,3)16-10-11-24(22,4)14-16)17-8-6-9-18(25)20(17)27(15)12-7-13-31(5,29)30/h6,8-9,16,22H,7,10-14H2,1-5H3,(H,26,28). The molecule has 2 fully saturated rings. The number of fused-ring (bicyclic) bond motifs is 3. The van der Waals surface area contributed by atoms with E-state index in [2.05, 4.69) is 46.6 Å². The zero-order valence-electron chi connectivity index (χ0n) is 19.1. The van der Waals surface area contributed by atoms with Crippen molar-refractivity contribution in [3.63, 3.8) is 0 Å². The highest BCUT2D eigenvalue weighted by Gasteiger charge is 2.59. The molecule has 1 amide bonds. The summed E-state index contributed by atoms with van der Waals surface area (Å²) in [4.78, 5) is 13.7. The second-order valence-corrected chi connectivity index (χ2v) is 13.7. The van der Waals surface area contributed by atoms with E-state index in [1.807, 2.05) is 25.1 Å². The average molecular weight is 510 g/mol. The van der Waals surface area contributed by atoms with Crippen molar-refractivity contribution in [2.24, 2.45) is 16.7 Å². The first-order valence-electron chi connectivity index (χ1n) is 11.1. The van der Waals surface area contributed by atoms with Crippen molar-refractivity contribution < 1.29 is 13.2 Å². The van der Waals surface area contributed by atoms with Crippen molar-refractivity contribution in [3.05, 3.63) is 33.9 Å². The van der Waals surface area contributed by atoms with E-state index in [4.69, 9.17) is 0 Å². The number of hydrogen-bond acceptors (Lipinski definition) is 3. The maximum absolute atomic E-state index is 13.7. The number of amides is 1. The third-order valence-electron chi connectivity index (χ3n) is 7.96. The van der Waals surface area contributed by atoms with Gasteiger partial charge < -0.3 is 9.88 Å². The first-order valence-corrected chi connectivity index (χ1v) is 14.0. The summed E-state index contributed by atoms with van der Waals surface area (Å²) in [5.74, 6) is 0.776. The molecule has 0 spiro atoms. The molecule has 1 aromatic heterocycles. The van der Waals surface area contributed by atoms with Crippen LogP contribution in [0.3, 0.4) is 0 Å². The van der Waals surface area contributed by atoms with E-state index in [0.29, 0.717) is 24.4 Å². The van der Waals surface area contributed by atoms with Crippen LogP contribution >= 0.6 is 15.9 Å². The molecule has 2 aliphatic carbocycles. The fraction of sp³-hybridized carbons (Fsp3) is 0.625. The Bertz CT molecular complexity index is 1150. The first-order chi connectivity index (χ1) is 14.3. The van der Waals surface area contributed by atoms with Crippen LogP contribution in [-0.2, 0) is 16.4 Å². The highest BCUT2D eigenvalue weighted by atomic mass is 79.9. The largest absolute Gasteiger partial charge is 0.348 e. The van der Waals surface area contributed by atoms with Crippen LogP contribution in [-0.4, -0.2) is 36.9 Å². The quantitative estimate of drug-likeness (QED) is 0.590. The minimum atomic E-state index is -3.02. The summed E-state index contributed by atoms with van der Waals surface area (Å²) in [7, 11) is -3.02. The molecule has 1 N–H and O–H groups in total. The lowest BCUT2D eigenvalue weighted by atomic mass is 9.68. The summed E-state index contributed by atoms with van der Waals surface area (Å²) >= 11 is 3.65. The molecule has 170 valence electrons. The van der Waals surface area contributed by atoms with E-state index in [9.17, 15) is 13.2 Å². The Hall–Kier alpha value is -1.34. The zero-order chi connectivity index (χ0) is 22.8. The molecule has 4 rings (SSSR count). The highest BCUT2D eigenvalue weighted by Crippen LogP contribution is 2.62. The lowest BCUT2D eigenvalue weighted by Crippen LogP contribution is -2.52. The van der Waals surface area contributed by atoms with Crippen LogP contribution in [0.1, 0.15) is 62.5 Å². The molecule has 2 aliphatic rings. The summed E-state index contributed by atoms with van der Waals surface area (Å²) in [5.41, 5.74) is 2.80. The van der Waals surface area contributed by atoms with Crippen LogP contribution in [0.4, 0.5) is 0 Å². The molecular weight excluding hydrogens is 476 g/mol. The van der Waals surface area contributed by atoms with Crippen LogP contribution < -0.4 is 5.32 Å². The predicted octanol–water partition coefficient (Wildman–Crippen LogP) is 5.09. The molecule has 7 heteroatoms. The summed E-state index contributed by atoms with van der Waals surface area (Å²) in [6, 6.07) is 6.06. The molecule has 1 heterocycles. The summed E-state index contributed by atoms with van der Waals surface area (Å²) in [6.45, 7) is 9.44. The van der Waals surface area contributed by atoms with E-state index in [1.54, 1.807) is 0 Å². The molecule has 2 aromatic rings. The Labute approximate surface area is 194 Å². The number of hydrogen-bond donors (Lipinski definition) is 1. The summed E-state index contributed by atoms with van der Waals surface area (Å²) in [6.07, 6.45) is 5.38. The van der Waals surface area contributed by atoms with Gasteiger partial charge >= 0.3 is 0 Å². The van der Waals surface area contributed by atoms with Gasteiger partial charge in [-0.25, -0.2) is 8.42 Å². The number of nitrogens with one attached hydrogen (secondary N) is 1. The summed E-state index contributed by atoms with van der Waals surface area (Å²) < 4.78 is 26.2. The third-order valence-corrected chi connectivity index (χ3v) is 9.63. The number of halogens is 1. The minimum absolute atomic E-state index is 0.0192. The smallest absolute Gasteiger partial charge is 0.253 e. The molecule has 0 aliphatic heterocycles. The van der Waals surface area contributed by atoms with Gasteiger partial charge in [-0.3, -0.25) is 4.79 Å². The Morgan fingerprint density at radius 1 is 1.29 bits per heavy atom. The monoisotopic (exact) mass is 508 g/mol. The van der Waals surface area contributed by atoms with Gasteiger partial charge in [0.25, 0.3) is 5.91 Å². The number of benzene rings is 1. The van der Waals surface area contributed by atoms with E-state index in [0.717, 1.165) is 21.1 Å². The number of aromatic nitrogens is 1. The number of para-hydroxylation sites is 1. The third kappa shape index (κ3) is 3.86. The van der Waals surface area contributed by atoms with Crippen molar-refractivity contribution in [1.29, 1.82) is 0 Å². The fourth-order valence-corrected chi connectivity index (χ4v) is 7.64. The van der Waals surface area contributed by atoms with Crippen LogP contribution in [0.2, 0.25) is 0 Å². The Kier molecular flexibility index (Phi) is 5.61. The maximum Gasteiger partial charge on any atom is 0.253 e. The lowest BCUT2D eigenvalue weighted by Gasteiger charge is -2.43. The molecule has 31 heavy (non-hydrogen) atoms. The van der Waals surface area contributed by atoms with Crippen molar-refractivity contribution in [1.82, 2.24) is 9.88 Å². The van der Waals surface area contributed by atoms with Crippen molar-refractivity contribution >= 4 is 42.6 Å². The van der Waals surface area contributed by atoms with Crippen molar-refractivity contribution in [2.75, 3.05) is 12.0 Å².